The summed E-state index contributed by atoms with van der Waals surface area (Å²) in [5.74, 6) is 1.47. The van der Waals surface area contributed by atoms with Crippen molar-refractivity contribution in [1.82, 2.24) is 4.90 Å². The largest absolute Gasteiger partial charge is 0.496 e. The summed E-state index contributed by atoms with van der Waals surface area (Å²) in [7, 11) is 3.23. The van der Waals surface area contributed by atoms with Crippen LogP contribution in [0.3, 0.4) is 0 Å². The summed E-state index contributed by atoms with van der Waals surface area (Å²) in [6.45, 7) is 1.71. The SMILES string of the molecule is COc1cccc(OC)c1/C=C/C(=O)N1CCCCCC1. The fourth-order valence-corrected chi connectivity index (χ4v) is 2.60. The van der Waals surface area contributed by atoms with Crippen molar-refractivity contribution in [2.24, 2.45) is 0 Å². The van der Waals surface area contributed by atoms with E-state index >= 15 is 0 Å². The second-order valence-corrected chi connectivity index (χ2v) is 5.15. The van der Waals surface area contributed by atoms with Gasteiger partial charge in [0, 0.05) is 19.2 Å². The van der Waals surface area contributed by atoms with Crippen molar-refractivity contribution in [2.45, 2.75) is 25.7 Å². The van der Waals surface area contributed by atoms with Gasteiger partial charge in [0.15, 0.2) is 0 Å². The molecule has 0 aliphatic carbocycles. The van der Waals surface area contributed by atoms with E-state index in [-0.39, 0.29) is 5.91 Å². The van der Waals surface area contributed by atoms with Crippen LogP contribution in [0.2, 0.25) is 0 Å². The number of hydrogen-bond donors (Lipinski definition) is 0. The van der Waals surface area contributed by atoms with E-state index in [1.54, 1.807) is 26.4 Å². The first-order chi connectivity index (χ1) is 10.3. The number of hydrogen-bond acceptors (Lipinski definition) is 3. The highest BCUT2D eigenvalue weighted by Crippen LogP contribution is 2.29. The molecule has 1 heterocycles. The first-order valence-corrected chi connectivity index (χ1v) is 7.44. The van der Waals surface area contributed by atoms with Crippen LogP contribution in [-0.2, 0) is 4.79 Å². The zero-order valence-corrected chi connectivity index (χ0v) is 12.8. The average molecular weight is 289 g/mol. The zero-order chi connectivity index (χ0) is 15.1. The molecule has 1 saturated heterocycles. The topological polar surface area (TPSA) is 38.8 Å². The van der Waals surface area contributed by atoms with Crippen LogP contribution in [-0.4, -0.2) is 38.1 Å². The molecule has 4 heteroatoms. The number of carbonyl (C=O) groups is 1. The highest BCUT2D eigenvalue weighted by Gasteiger charge is 2.13. The molecule has 1 amide bonds. The molecule has 2 rings (SSSR count). The lowest BCUT2D eigenvalue weighted by Gasteiger charge is -2.18. The molecule has 0 radical (unpaired) electrons. The molecule has 1 aromatic carbocycles. The van der Waals surface area contributed by atoms with E-state index in [9.17, 15) is 4.79 Å². The molecule has 0 N–H and O–H groups in total. The van der Waals surface area contributed by atoms with Gasteiger partial charge in [-0.25, -0.2) is 0 Å². The summed E-state index contributed by atoms with van der Waals surface area (Å²) in [5, 5.41) is 0. The lowest BCUT2D eigenvalue weighted by Crippen LogP contribution is -2.30. The minimum atomic E-state index is 0.0601. The molecule has 0 spiro atoms. The van der Waals surface area contributed by atoms with E-state index < -0.39 is 0 Å². The molecule has 0 unspecified atom stereocenters. The van der Waals surface area contributed by atoms with Crippen molar-refractivity contribution < 1.29 is 14.3 Å². The van der Waals surface area contributed by atoms with Gasteiger partial charge in [-0.1, -0.05) is 18.9 Å². The standard InChI is InChI=1S/C17H23NO3/c1-20-15-8-7-9-16(21-2)14(15)10-11-17(19)18-12-5-3-4-6-13-18/h7-11H,3-6,12-13H2,1-2H3/b11-10+. The molecule has 1 aliphatic heterocycles. The van der Waals surface area contributed by atoms with Gasteiger partial charge in [-0.15, -0.1) is 0 Å². The molecular weight excluding hydrogens is 266 g/mol. The van der Waals surface area contributed by atoms with Crippen molar-refractivity contribution in [2.75, 3.05) is 27.3 Å². The predicted octanol–water partition coefficient (Wildman–Crippen LogP) is 3.12. The number of methoxy groups -OCH3 is 2. The maximum atomic E-state index is 12.3. The third-order valence-corrected chi connectivity index (χ3v) is 3.78. The molecule has 21 heavy (non-hydrogen) atoms. The predicted molar refractivity (Wildman–Crippen MR) is 83.6 cm³/mol. The van der Waals surface area contributed by atoms with E-state index in [0.29, 0.717) is 11.5 Å². The first-order valence-electron chi connectivity index (χ1n) is 7.44. The quantitative estimate of drug-likeness (QED) is 0.799. The number of carbonyl (C=O) groups excluding carboxylic acids is 1. The lowest BCUT2D eigenvalue weighted by atomic mass is 10.1. The molecule has 1 fully saturated rings. The molecular formula is C17H23NO3. The summed E-state index contributed by atoms with van der Waals surface area (Å²) in [5.41, 5.74) is 0.797. The number of amides is 1. The summed E-state index contributed by atoms with van der Waals surface area (Å²) < 4.78 is 10.7. The van der Waals surface area contributed by atoms with Crippen LogP contribution in [0, 0.1) is 0 Å². The fourth-order valence-electron chi connectivity index (χ4n) is 2.60. The van der Waals surface area contributed by atoms with Crippen LogP contribution >= 0.6 is 0 Å². The Kier molecular flexibility index (Phi) is 5.67. The third kappa shape index (κ3) is 4.00. The van der Waals surface area contributed by atoms with Gasteiger partial charge in [0.25, 0.3) is 0 Å². The number of likely N-dealkylation sites (tertiary alicyclic amines) is 1. The highest BCUT2D eigenvalue weighted by atomic mass is 16.5. The maximum Gasteiger partial charge on any atom is 0.246 e. The van der Waals surface area contributed by atoms with Crippen LogP contribution < -0.4 is 9.47 Å². The number of benzene rings is 1. The molecule has 1 aromatic rings. The lowest BCUT2D eigenvalue weighted by molar-refractivity contribution is -0.125. The molecule has 0 bridgehead atoms. The van der Waals surface area contributed by atoms with Crippen molar-refractivity contribution >= 4 is 12.0 Å². The number of rotatable bonds is 4. The van der Waals surface area contributed by atoms with E-state index in [4.69, 9.17) is 9.47 Å². The Morgan fingerprint density at radius 1 is 1.05 bits per heavy atom. The van der Waals surface area contributed by atoms with Crippen LogP contribution in [0.15, 0.2) is 24.3 Å². The summed E-state index contributed by atoms with van der Waals surface area (Å²) in [4.78, 5) is 14.2. The van der Waals surface area contributed by atoms with Gasteiger partial charge in [-0.2, -0.15) is 0 Å². The Labute approximate surface area is 126 Å². The molecule has 4 nitrogen and oxygen atoms in total. The normalized spacial score (nSPS) is 15.8. The Bertz CT molecular complexity index is 481. The smallest absolute Gasteiger partial charge is 0.246 e. The van der Waals surface area contributed by atoms with Crippen molar-refractivity contribution in [3.05, 3.63) is 29.8 Å². The van der Waals surface area contributed by atoms with Gasteiger partial charge >= 0.3 is 0 Å². The number of ether oxygens (including phenoxy) is 2. The van der Waals surface area contributed by atoms with Crippen LogP contribution in [0.1, 0.15) is 31.2 Å². The van der Waals surface area contributed by atoms with Crippen molar-refractivity contribution in [1.29, 1.82) is 0 Å². The van der Waals surface area contributed by atoms with E-state index in [1.165, 1.54) is 12.8 Å². The second-order valence-electron chi connectivity index (χ2n) is 5.15. The van der Waals surface area contributed by atoms with Crippen LogP contribution in [0.25, 0.3) is 6.08 Å². The van der Waals surface area contributed by atoms with Gasteiger partial charge in [0.05, 0.1) is 19.8 Å². The van der Waals surface area contributed by atoms with Gasteiger partial charge in [-0.05, 0) is 31.1 Å². The fraction of sp³-hybridized carbons (Fsp3) is 0.471. The maximum absolute atomic E-state index is 12.3. The molecule has 1 aliphatic rings. The molecule has 0 atom stereocenters. The monoisotopic (exact) mass is 289 g/mol. The minimum Gasteiger partial charge on any atom is -0.496 e. The first kappa shape index (κ1) is 15.4. The molecule has 0 aromatic heterocycles. The third-order valence-electron chi connectivity index (χ3n) is 3.78. The molecule has 114 valence electrons. The van der Waals surface area contributed by atoms with Gasteiger partial charge in [0.1, 0.15) is 11.5 Å². The summed E-state index contributed by atoms with van der Waals surface area (Å²) in [6.07, 6.45) is 8.02. The molecule has 0 saturated carbocycles. The van der Waals surface area contributed by atoms with Crippen LogP contribution in [0.4, 0.5) is 0 Å². The highest BCUT2D eigenvalue weighted by molar-refractivity contribution is 5.92. The Morgan fingerprint density at radius 2 is 1.62 bits per heavy atom. The van der Waals surface area contributed by atoms with Gasteiger partial charge < -0.3 is 14.4 Å². The van der Waals surface area contributed by atoms with Gasteiger partial charge in [0.2, 0.25) is 5.91 Å². The van der Waals surface area contributed by atoms with Gasteiger partial charge in [-0.3, -0.25) is 4.79 Å². The van der Waals surface area contributed by atoms with E-state index in [0.717, 1.165) is 31.5 Å². The van der Waals surface area contributed by atoms with Crippen molar-refractivity contribution in [3.8, 4) is 11.5 Å². The van der Waals surface area contributed by atoms with E-state index in [1.807, 2.05) is 23.1 Å². The zero-order valence-electron chi connectivity index (χ0n) is 12.8. The second kappa shape index (κ2) is 7.72. The number of nitrogens with zero attached hydrogens (tertiary/aromatic N) is 1. The van der Waals surface area contributed by atoms with E-state index in [2.05, 4.69) is 0 Å². The summed E-state index contributed by atoms with van der Waals surface area (Å²) >= 11 is 0. The van der Waals surface area contributed by atoms with Crippen LogP contribution in [0.5, 0.6) is 11.5 Å². The Balaban J connectivity index is 2.14. The average Bonchev–Trinajstić information content (AvgIpc) is 2.81. The minimum absolute atomic E-state index is 0.0601. The Morgan fingerprint density at radius 3 is 2.14 bits per heavy atom. The summed E-state index contributed by atoms with van der Waals surface area (Å²) in [6, 6.07) is 5.59. The van der Waals surface area contributed by atoms with Crippen molar-refractivity contribution in [3.63, 3.8) is 0 Å². The Hall–Kier alpha value is -1.97.